The van der Waals surface area contributed by atoms with Crippen molar-refractivity contribution in [3.63, 3.8) is 0 Å². The van der Waals surface area contributed by atoms with Crippen LogP contribution in [0.15, 0.2) is 122 Å². The van der Waals surface area contributed by atoms with Gasteiger partial charge >= 0.3 is 0 Å². The molecule has 13 amide bonds. The summed E-state index contributed by atoms with van der Waals surface area (Å²) in [7, 11) is 0. The van der Waals surface area contributed by atoms with Gasteiger partial charge in [0.05, 0.1) is 24.1 Å². The molecule has 9 rings (SSSR count). The van der Waals surface area contributed by atoms with Gasteiger partial charge in [-0.3, -0.25) is 83.1 Å². The molecule has 4 bridgehead atoms. The summed E-state index contributed by atoms with van der Waals surface area (Å²) in [5.74, 6) is -13.7. The van der Waals surface area contributed by atoms with E-state index >= 15 is 24.0 Å². The first-order valence-electron chi connectivity index (χ1n) is 39.8. The van der Waals surface area contributed by atoms with Crippen molar-refractivity contribution in [2.75, 3.05) is 31.2 Å². The number of nitrogens with zero attached hydrogens (tertiary/aromatic N) is 2. The minimum absolute atomic E-state index is 0.0141. The number of primary amides is 1. The van der Waals surface area contributed by atoms with Gasteiger partial charge in [-0.2, -0.15) is 23.5 Å². The molecule has 3 aromatic heterocycles. The fraction of sp³-hybridized carbons (Fsp3) is 0.451. The number of aromatic hydroxyl groups is 1. The first-order chi connectivity index (χ1) is 58.0. The summed E-state index contributed by atoms with van der Waals surface area (Å²) < 4.78 is 0. The second kappa shape index (κ2) is 48.1. The third-order valence-corrected chi connectivity index (χ3v) is 21.7. The van der Waals surface area contributed by atoms with Crippen LogP contribution in [0.5, 0.6) is 5.75 Å². The van der Waals surface area contributed by atoms with Crippen LogP contribution in [-0.4, -0.2) is 229 Å². The monoisotopic (exact) mass is 1720 g/mol. The Morgan fingerprint density at radius 1 is 0.566 bits per heavy atom. The molecule has 0 unspecified atom stereocenters. The van der Waals surface area contributed by atoms with Crippen LogP contribution in [0.4, 0.5) is 0 Å². The smallest absolute Gasteiger partial charge is 0.245 e. The SMILES string of the molecule is CC(=O)N[C@@H](CC(C)C)C(=O)N[C@H](C(=O)N[C@@H](Cc1ccccc1)C(=O)N[C@H]1CSCc2ccc(cn2)-c2ccc(nc2)CSC[C@@H](C(=O)N[C@@H](CO)C(N)=O)NC(=O)[C@H](C(C)C)NC(=O)[C@H](CCCNC(=N)N)NC(=O)[C@H](C)NC(=O)[C@H](Cc2c[nH]c3ccccc23)NC(=O)[C@H](Cc2ccc(O)cc2)NC(=O)[C@H](CCCNC(=N)N)NC1=O)[C@@H](C)O. The number of aliphatic hydroxyl groups is 2. The molecular formula is C82H112N22O16S2. The molecule has 40 heteroatoms. The van der Waals surface area contributed by atoms with Crippen LogP contribution in [0.25, 0.3) is 22.0 Å². The zero-order valence-electron chi connectivity index (χ0n) is 68.9. The number of carbonyl (C=O) groups excluding carboxylic acids is 13. The summed E-state index contributed by atoms with van der Waals surface area (Å²) in [6.07, 6.45) is 2.31. The van der Waals surface area contributed by atoms with E-state index in [4.69, 9.17) is 28.0 Å². The highest BCUT2D eigenvalue weighted by Crippen LogP contribution is 2.24. The summed E-state index contributed by atoms with van der Waals surface area (Å²) in [4.78, 5) is 200. The molecule has 0 radical (unpaired) electrons. The number of thioether (sulfide) groups is 2. The summed E-state index contributed by atoms with van der Waals surface area (Å²) in [5.41, 5.74) is 21.1. The number of nitrogens with one attached hydrogen (secondary N) is 17. The predicted octanol–water partition coefficient (Wildman–Crippen LogP) is -1.52. The van der Waals surface area contributed by atoms with Crippen molar-refractivity contribution in [1.82, 2.24) is 89.4 Å². The maximum Gasteiger partial charge on any atom is 0.245 e. The van der Waals surface area contributed by atoms with Crippen LogP contribution >= 0.6 is 23.5 Å². The number of guanidine groups is 2. The van der Waals surface area contributed by atoms with E-state index in [-0.39, 0.29) is 99.1 Å². The zero-order chi connectivity index (χ0) is 89.3. The standard InChI is InChI=1S/C82H112N22O16S2/c1-43(2)31-60(94-47(7)107)76(116)104-68(46(6)106)80(120)99-62(32-48-15-9-8-10-16-48)75(115)101-65-41-121-39-53-25-23-50(35-90-53)51-24-26-54(91-36-51)40-122-42-66(78(118)100-64(38-105)69(83)109)102-79(119)67(44(3)4)103-72(112)59(20-14-30-89-82(86)87)95-70(110)45(5)93-73(113)63(34-52-37-92-57-18-12-11-17-56(52)57)98-74(114)61(33-49-21-27-55(108)28-22-49)97-71(111)58(96-77(65)117)19-13-29-88-81(84)85/h8-12,15-18,21-28,35-37,43-46,58-68,92,105-106,108H,13-14,19-20,29-34,38-42H2,1-7H3,(H2,83,109)(H,93,113)(H,94,107)(H,95,110)(H,96,117)(H,97,111)(H,98,114)(H,99,120)(H,100,118)(H,101,115)(H,102,119)(H,103,112)(H,104,116)(H4,84,85,88)(H4,86,87,89)/t45-,46+,58-,59-,60-,61-,62-,63-,64-,65-,66-,67-,68-/m0/s1. The van der Waals surface area contributed by atoms with Gasteiger partial charge in [0.15, 0.2) is 11.9 Å². The number of hydrogen-bond donors (Lipinski definition) is 23. The van der Waals surface area contributed by atoms with Gasteiger partial charge in [0.25, 0.3) is 0 Å². The number of aliphatic hydroxyl groups excluding tert-OH is 2. The molecule has 26 N–H and O–H groups in total. The number of H-pyrrole nitrogens is 1. The molecule has 0 spiro atoms. The van der Waals surface area contributed by atoms with Crippen LogP contribution in [0.3, 0.4) is 0 Å². The van der Waals surface area contributed by atoms with Crippen molar-refractivity contribution in [3.05, 3.63) is 150 Å². The number of pyridine rings is 2. The quantitative estimate of drug-likeness (QED) is 0.0144. The lowest BCUT2D eigenvalue weighted by Gasteiger charge is -2.29. The van der Waals surface area contributed by atoms with E-state index in [1.54, 1.807) is 111 Å². The van der Waals surface area contributed by atoms with Gasteiger partial charge in [-0.15, -0.1) is 0 Å². The number of amides is 13. The highest BCUT2D eigenvalue weighted by atomic mass is 32.2. The van der Waals surface area contributed by atoms with Crippen molar-refractivity contribution in [1.29, 1.82) is 10.8 Å². The average Bonchev–Trinajstić information content (AvgIpc) is 1.67. The Morgan fingerprint density at radius 2 is 1.11 bits per heavy atom. The van der Waals surface area contributed by atoms with Crippen LogP contribution in [0.1, 0.15) is 109 Å². The van der Waals surface area contributed by atoms with Gasteiger partial charge < -0.3 is 112 Å². The molecule has 658 valence electrons. The first kappa shape index (κ1) is 96.7. The molecule has 13 atom stereocenters. The lowest BCUT2D eigenvalue weighted by Crippen LogP contribution is -2.62. The van der Waals surface area contributed by atoms with Gasteiger partial charge in [0.1, 0.15) is 78.3 Å². The van der Waals surface area contributed by atoms with Gasteiger partial charge in [-0.25, -0.2) is 0 Å². The van der Waals surface area contributed by atoms with Crippen molar-refractivity contribution in [2.24, 2.45) is 29.0 Å². The number of phenols is 1. The molecule has 0 saturated carbocycles. The minimum atomic E-state index is -1.69. The van der Waals surface area contributed by atoms with Crippen molar-refractivity contribution < 1.29 is 77.6 Å². The van der Waals surface area contributed by atoms with Crippen LogP contribution in [0, 0.1) is 22.7 Å². The summed E-state index contributed by atoms with van der Waals surface area (Å²) in [6, 6.07) is 10.0. The van der Waals surface area contributed by atoms with Gasteiger partial charge in [0, 0.05) is 103 Å². The average molecular weight is 1730 g/mol. The summed E-state index contributed by atoms with van der Waals surface area (Å²) in [5, 5.41) is 84.9. The van der Waals surface area contributed by atoms with E-state index in [2.05, 4.69) is 89.4 Å². The fourth-order valence-electron chi connectivity index (χ4n) is 12.9. The Hall–Kier alpha value is -12.4. The molecule has 3 aliphatic heterocycles. The number of benzene rings is 3. The number of carbonyl (C=O) groups is 13. The van der Waals surface area contributed by atoms with Crippen LogP contribution in [-0.2, 0) is 93.1 Å². The molecule has 6 aromatic rings. The Kier molecular flexibility index (Phi) is 38.1. The largest absolute Gasteiger partial charge is 0.508 e. The van der Waals surface area contributed by atoms with Crippen molar-refractivity contribution in [3.8, 4) is 16.9 Å². The Bertz CT molecular complexity index is 4600. The molecule has 3 aromatic carbocycles. The topological polar surface area (TPSA) is 618 Å². The number of para-hydroxylation sites is 1. The number of hydrogen-bond acceptors (Lipinski definition) is 22. The van der Waals surface area contributed by atoms with Gasteiger partial charge in [0.2, 0.25) is 76.8 Å². The second-order valence-electron chi connectivity index (χ2n) is 30.3. The van der Waals surface area contributed by atoms with E-state index in [1.807, 2.05) is 13.8 Å². The number of fused-ring (bicyclic) bond motifs is 3. The normalized spacial score (nSPS) is 20.1. The third kappa shape index (κ3) is 31.3. The number of rotatable bonds is 29. The van der Waals surface area contributed by atoms with E-state index in [1.165, 1.54) is 45.0 Å². The molecule has 0 fully saturated rings. The predicted molar refractivity (Wildman–Crippen MR) is 459 cm³/mol. The zero-order valence-corrected chi connectivity index (χ0v) is 70.5. The molecule has 0 aliphatic carbocycles. The number of nitrogens with two attached hydrogens (primary N) is 3. The number of aromatic nitrogens is 3. The maximum absolute atomic E-state index is 15.4. The van der Waals surface area contributed by atoms with Crippen LogP contribution < -0.4 is 91.6 Å². The van der Waals surface area contributed by atoms with Gasteiger partial charge in [-0.1, -0.05) is 100 Å². The Labute approximate surface area is 714 Å². The van der Waals surface area contributed by atoms with E-state index in [9.17, 15) is 53.7 Å². The summed E-state index contributed by atoms with van der Waals surface area (Å²) >= 11 is 2.29. The highest BCUT2D eigenvalue weighted by Gasteiger charge is 2.39. The molecule has 0 saturated heterocycles. The third-order valence-electron chi connectivity index (χ3n) is 19.5. The lowest BCUT2D eigenvalue weighted by molar-refractivity contribution is -0.136. The molecule has 38 nitrogen and oxygen atoms in total. The highest BCUT2D eigenvalue weighted by molar-refractivity contribution is 7.98. The molecule has 3 aliphatic rings. The van der Waals surface area contributed by atoms with E-state index in [0.29, 0.717) is 50.1 Å². The summed E-state index contributed by atoms with van der Waals surface area (Å²) in [6.45, 7) is 9.76. The number of phenolic OH excluding ortho intramolecular Hbond substituents is 1. The molecular weight excluding hydrogens is 1610 g/mol. The fourth-order valence-corrected chi connectivity index (χ4v) is 14.9. The van der Waals surface area contributed by atoms with Crippen molar-refractivity contribution >= 4 is 123 Å². The lowest BCUT2D eigenvalue weighted by atomic mass is 10.0. The Morgan fingerprint density at radius 3 is 1.66 bits per heavy atom. The number of aromatic amines is 1. The minimum Gasteiger partial charge on any atom is -0.508 e. The van der Waals surface area contributed by atoms with E-state index < -0.39 is 180 Å². The van der Waals surface area contributed by atoms with Crippen molar-refractivity contribution in [2.45, 2.75) is 190 Å². The second-order valence-corrected chi connectivity index (χ2v) is 32.4. The molecule has 6 heterocycles. The molecule has 122 heavy (non-hydrogen) atoms. The maximum atomic E-state index is 15.4. The van der Waals surface area contributed by atoms with Crippen LogP contribution in [0.2, 0.25) is 0 Å². The van der Waals surface area contributed by atoms with E-state index in [0.717, 1.165) is 23.5 Å². The first-order valence-corrected chi connectivity index (χ1v) is 42.1. The van der Waals surface area contributed by atoms with Gasteiger partial charge in [-0.05, 0) is 105 Å². The Balaban J connectivity index is 1.31.